The molecular weight excluding hydrogens is 200 g/mol. The zero-order valence-corrected chi connectivity index (χ0v) is 9.64. The summed E-state index contributed by atoms with van der Waals surface area (Å²) in [6, 6.07) is 8.24. The van der Waals surface area contributed by atoms with Gasteiger partial charge in [0.1, 0.15) is 5.82 Å². The minimum absolute atomic E-state index is 0.681. The molecule has 0 unspecified atom stereocenters. The number of aromatic nitrogens is 3. The molecule has 0 amide bonds. The van der Waals surface area contributed by atoms with Gasteiger partial charge in [-0.15, -0.1) is 0 Å². The second-order valence-electron chi connectivity index (χ2n) is 3.84. The van der Waals surface area contributed by atoms with Gasteiger partial charge in [0, 0.05) is 12.6 Å². The van der Waals surface area contributed by atoms with Gasteiger partial charge in [0.25, 0.3) is 0 Å². The van der Waals surface area contributed by atoms with Crippen molar-refractivity contribution in [2.24, 2.45) is 12.8 Å². The number of nitrogens with zero attached hydrogens (tertiary/aromatic N) is 3. The fraction of sp³-hybridized carbons (Fsp3) is 0.333. The average molecular weight is 216 g/mol. The van der Waals surface area contributed by atoms with Crippen LogP contribution in [0.1, 0.15) is 11.4 Å². The maximum atomic E-state index is 5.50. The summed E-state index contributed by atoms with van der Waals surface area (Å²) in [4.78, 5) is 4.38. The second kappa shape index (κ2) is 4.45. The van der Waals surface area contributed by atoms with Crippen molar-refractivity contribution in [2.75, 3.05) is 6.54 Å². The lowest BCUT2D eigenvalue weighted by atomic mass is 10.1. The largest absolute Gasteiger partial charge is 0.330 e. The third-order valence-electron chi connectivity index (χ3n) is 2.63. The lowest BCUT2D eigenvalue weighted by Crippen LogP contribution is -2.02. The molecular formula is C12H16N4. The first-order valence-electron chi connectivity index (χ1n) is 5.37. The number of aryl methyl sites for hydroxylation is 2. The zero-order valence-electron chi connectivity index (χ0n) is 9.64. The van der Waals surface area contributed by atoms with E-state index in [1.807, 2.05) is 26.1 Å². The molecule has 0 fully saturated rings. The van der Waals surface area contributed by atoms with Crippen LogP contribution in [0, 0.1) is 6.92 Å². The van der Waals surface area contributed by atoms with Crippen LogP contribution in [0.4, 0.5) is 0 Å². The average Bonchev–Trinajstić information content (AvgIpc) is 2.61. The van der Waals surface area contributed by atoms with Crippen LogP contribution in [0.2, 0.25) is 0 Å². The van der Waals surface area contributed by atoms with Crippen LogP contribution in [0.3, 0.4) is 0 Å². The van der Waals surface area contributed by atoms with Crippen LogP contribution in [-0.4, -0.2) is 21.3 Å². The van der Waals surface area contributed by atoms with Crippen molar-refractivity contribution >= 4 is 0 Å². The predicted octanol–water partition coefficient (Wildman–Crippen LogP) is 1.29. The lowest BCUT2D eigenvalue weighted by molar-refractivity contribution is 0.736. The molecule has 0 saturated carbocycles. The third kappa shape index (κ3) is 2.12. The molecule has 2 rings (SSSR count). The quantitative estimate of drug-likeness (QED) is 0.841. The first-order chi connectivity index (χ1) is 7.70. The van der Waals surface area contributed by atoms with Gasteiger partial charge in [0.05, 0.1) is 0 Å². The molecule has 1 aromatic carbocycles. The summed E-state index contributed by atoms with van der Waals surface area (Å²) in [6.07, 6.45) is 0.912. The minimum Gasteiger partial charge on any atom is -0.330 e. The van der Waals surface area contributed by atoms with E-state index in [1.54, 1.807) is 4.68 Å². The van der Waals surface area contributed by atoms with E-state index >= 15 is 0 Å². The smallest absolute Gasteiger partial charge is 0.181 e. The molecule has 4 heteroatoms. The van der Waals surface area contributed by atoms with Gasteiger partial charge in [0.15, 0.2) is 5.82 Å². The fourth-order valence-corrected chi connectivity index (χ4v) is 1.57. The van der Waals surface area contributed by atoms with Crippen molar-refractivity contribution in [3.05, 3.63) is 35.7 Å². The molecule has 0 radical (unpaired) electrons. The molecule has 0 saturated heterocycles. The van der Waals surface area contributed by atoms with Crippen LogP contribution in [0.15, 0.2) is 24.3 Å². The Kier molecular flexibility index (Phi) is 3.01. The summed E-state index contributed by atoms with van der Waals surface area (Å²) in [7, 11) is 1.90. The number of rotatable bonds is 3. The summed E-state index contributed by atoms with van der Waals surface area (Å²) in [5.41, 5.74) is 7.80. The van der Waals surface area contributed by atoms with Crippen LogP contribution in [0.5, 0.6) is 0 Å². The Morgan fingerprint density at radius 2 is 1.94 bits per heavy atom. The summed E-state index contributed by atoms with van der Waals surface area (Å²) >= 11 is 0. The van der Waals surface area contributed by atoms with Crippen molar-refractivity contribution < 1.29 is 0 Å². The van der Waals surface area contributed by atoms with Crippen molar-refractivity contribution in [3.63, 3.8) is 0 Å². The molecule has 1 heterocycles. The van der Waals surface area contributed by atoms with E-state index in [4.69, 9.17) is 5.73 Å². The van der Waals surface area contributed by atoms with E-state index in [9.17, 15) is 0 Å². The molecule has 4 nitrogen and oxygen atoms in total. The topological polar surface area (TPSA) is 56.7 Å². The Morgan fingerprint density at radius 1 is 1.25 bits per heavy atom. The van der Waals surface area contributed by atoms with E-state index in [2.05, 4.69) is 22.2 Å². The normalized spacial score (nSPS) is 10.7. The van der Waals surface area contributed by atoms with Gasteiger partial charge in [-0.2, -0.15) is 5.10 Å². The molecule has 2 aromatic rings. The Balaban J connectivity index is 2.27. The van der Waals surface area contributed by atoms with Gasteiger partial charge >= 0.3 is 0 Å². The summed E-state index contributed by atoms with van der Waals surface area (Å²) in [5, 5.41) is 4.34. The SMILES string of the molecule is Cc1nc(-c2ccc(CCN)cc2)nn1C. The highest BCUT2D eigenvalue weighted by atomic mass is 15.3. The minimum atomic E-state index is 0.681. The lowest BCUT2D eigenvalue weighted by Gasteiger charge is -1.99. The maximum absolute atomic E-state index is 5.50. The maximum Gasteiger partial charge on any atom is 0.181 e. The van der Waals surface area contributed by atoms with Crippen LogP contribution in [-0.2, 0) is 13.5 Å². The van der Waals surface area contributed by atoms with Gasteiger partial charge in [0.2, 0.25) is 0 Å². The zero-order chi connectivity index (χ0) is 11.5. The summed E-state index contributed by atoms with van der Waals surface area (Å²) < 4.78 is 1.78. The summed E-state index contributed by atoms with van der Waals surface area (Å²) in [5.74, 6) is 1.69. The summed E-state index contributed by atoms with van der Waals surface area (Å²) in [6.45, 7) is 2.62. The molecule has 0 spiro atoms. The highest BCUT2D eigenvalue weighted by Crippen LogP contribution is 2.16. The number of benzene rings is 1. The van der Waals surface area contributed by atoms with Gasteiger partial charge in [-0.25, -0.2) is 4.98 Å². The second-order valence-corrected chi connectivity index (χ2v) is 3.84. The van der Waals surface area contributed by atoms with E-state index in [0.29, 0.717) is 6.54 Å². The molecule has 1 aromatic heterocycles. The van der Waals surface area contributed by atoms with E-state index in [0.717, 1.165) is 23.6 Å². The molecule has 16 heavy (non-hydrogen) atoms. The standard InChI is InChI=1S/C12H16N4/c1-9-14-12(15-16(9)2)11-5-3-10(4-6-11)7-8-13/h3-6H,7-8,13H2,1-2H3. The fourth-order valence-electron chi connectivity index (χ4n) is 1.57. The van der Waals surface area contributed by atoms with Crippen molar-refractivity contribution in [1.29, 1.82) is 0 Å². The van der Waals surface area contributed by atoms with E-state index in [-0.39, 0.29) is 0 Å². The molecule has 0 aliphatic carbocycles. The van der Waals surface area contributed by atoms with E-state index < -0.39 is 0 Å². The molecule has 84 valence electrons. The molecule has 2 N–H and O–H groups in total. The molecule has 0 aliphatic heterocycles. The Morgan fingerprint density at radius 3 is 2.44 bits per heavy atom. The van der Waals surface area contributed by atoms with Gasteiger partial charge in [-0.05, 0) is 25.5 Å². The molecule has 0 aliphatic rings. The van der Waals surface area contributed by atoms with E-state index in [1.165, 1.54) is 5.56 Å². The number of hydrogen-bond acceptors (Lipinski definition) is 3. The predicted molar refractivity (Wildman–Crippen MR) is 63.9 cm³/mol. The van der Waals surface area contributed by atoms with Crippen molar-refractivity contribution in [3.8, 4) is 11.4 Å². The Bertz CT molecular complexity index is 451. The van der Waals surface area contributed by atoms with Gasteiger partial charge in [-0.3, -0.25) is 4.68 Å². The highest BCUT2D eigenvalue weighted by molar-refractivity contribution is 5.54. The molecule has 0 bridgehead atoms. The van der Waals surface area contributed by atoms with Crippen LogP contribution >= 0.6 is 0 Å². The number of hydrogen-bond donors (Lipinski definition) is 1. The Hall–Kier alpha value is -1.68. The first kappa shape index (κ1) is 10.8. The Labute approximate surface area is 95.1 Å². The first-order valence-corrected chi connectivity index (χ1v) is 5.37. The van der Waals surface area contributed by atoms with Crippen molar-refractivity contribution in [2.45, 2.75) is 13.3 Å². The van der Waals surface area contributed by atoms with Gasteiger partial charge < -0.3 is 5.73 Å². The highest BCUT2D eigenvalue weighted by Gasteiger charge is 2.05. The monoisotopic (exact) mass is 216 g/mol. The van der Waals surface area contributed by atoms with Crippen molar-refractivity contribution in [1.82, 2.24) is 14.8 Å². The van der Waals surface area contributed by atoms with Crippen LogP contribution in [0.25, 0.3) is 11.4 Å². The van der Waals surface area contributed by atoms with Crippen LogP contribution < -0.4 is 5.73 Å². The third-order valence-corrected chi connectivity index (χ3v) is 2.63. The molecule has 0 atom stereocenters. The van der Waals surface area contributed by atoms with Gasteiger partial charge in [-0.1, -0.05) is 24.3 Å². The number of nitrogens with two attached hydrogens (primary N) is 1.